The maximum atomic E-state index is 14.2. The van der Waals surface area contributed by atoms with Crippen molar-refractivity contribution < 1.29 is 14.0 Å². The number of nitriles is 1. The number of nitrogens with zero attached hydrogens (tertiary/aromatic N) is 2. The molecule has 2 amide bonds. The van der Waals surface area contributed by atoms with Gasteiger partial charge in [0.25, 0.3) is 11.5 Å². The summed E-state index contributed by atoms with van der Waals surface area (Å²) in [5.41, 5.74) is -0.901. The molecule has 1 aromatic carbocycles. The highest BCUT2D eigenvalue weighted by molar-refractivity contribution is 7.07. The molecule has 0 fully saturated rings. The van der Waals surface area contributed by atoms with Gasteiger partial charge in [-0.25, -0.2) is 4.39 Å². The lowest BCUT2D eigenvalue weighted by atomic mass is 9.95. The number of benzene rings is 1. The van der Waals surface area contributed by atoms with Gasteiger partial charge in [-0.1, -0.05) is 26.7 Å². The van der Waals surface area contributed by atoms with E-state index in [0.717, 1.165) is 11.3 Å². The van der Waals surface area contributed by atoms with Crippen LogP contribution in [0.15, 0.2) is 23.0 Å². The second-order valence-corrected chi connectivity index (χ2v) is 8.91. The summed E-state index contributed by atoms with van der Waals surface area (Å²) < 4.78 is 15.9. The summed E-state index contributed by atoms with van der Waals surface area (Å²) in [6, 6.07) is 5.88. The molecule has 2 rings (SSSR count). The summed E-state index contributed by atoms with van der Waals surface area (Å²) in [7, 11) is 0. The quantitative estimate of drug-likeness (QED) is 0.552. The number of terminal acetylenes is 1. The van der Waals surface area contributed by atoms with Crippen molar-refractivity contribution in [3.63, 3.8) is 0 Å². The lowest BCUT2D eigenvalue weighted by molar-refractivity contribution is -0.123. The van der Waals surface area contributed by atoms with Gasteiger partial charge in [-0.3, -0.25) is 19.0 Å². The number of hydrogen-bond donors (Lipinski definition) is 3. The van der Waals surface area contributed by atoms with Crippen LogP contribution in [0.5, 0.6) is 0 Å². The first-order valence-corrected chi connectivity index (χ1v) is 10.8. The maximum absolute atomic E-state index is 14.2. The molecule has 33 heavy (non-hydrogen) atoms. The first kappa shape index (κ1) is 25.4. The number of amides is 2. The highest BCUT2D eigenvalue weighted by Gasteiger charge is 2.22. The molecule has 1 aromatic heterocycles. The van der Waals surface area contributed by atoms with E-state index in [4.69, 9.17) is 6.42 Å². The molecule has 0 spiro atoms. The van der Waals surface area contributed by atoms with Crippen LogP contribution in [0.4, 0.5) is 15.8 Å². The number of nitrogens with one attached hydrogen (secondary N) is 3. The standard InChI is InChI=1S/C23H24FN5O3S/c1-6-10-26-19(30)15(12-25)21-29(7-2)20(31)18(33-21)13-27-14-8-9-16(24)17(11-14)28-22(32)23(3,4)5/h1,8-9,11,13,27H,7,10H2,2-5H3,(H,26,30)(H,28,32). The molecule has 0 aliphatic rings. The largest absolute Gasteiger partial charge is 0.360 e. The van der Waals surface area contributed by atoms with Gasteiger partial charge in [0, 0.05) is 23.8 Å². The fraction of sp³-hybridized carbons (Fsp3) is 0.304. The number of carbonyl (C=O) groups excluding carboxylic acids is 2. The van der Waals surface area contributed by atoms with Crippen LogP contribution < -0.4 is 30.7 Å². The van der Waals surface area contributed by atoms with E-state index in [9.17, 15) is 24.0 Å². The summed E-state index contributed by atoms with van der Waals surface area (Å²) in [5.74, 6) is 0.633. The van der Waals surface area contributed by atoms with Crippen LogP contribution in [0.3, 0.4) is 0 Å². The van der Waals surface area contributed by atoms with Crippen molar-refractivity contribution in [3.05, 3.63) is 43.6 Å². The van der Waals surface area contributed by atoms with Gasteiger partial charge in [-0.15, -0.1) is 17.8 Å². The molecular formula is C23H24FN5O3S. The number of aromatic nitrogens is 1. The van der Waals surface area contributed by atoms with E-state index < -0.39 is 22.7 Å². The summed E-state index contributed by atoms with van der Waals surface area (Å²) in [4.78, 5) is 37.2. The average Bonchev–Trinajstić information content (AvgIpc) is 3.07. The summed E-state index contributed by atoms with van der Waals surface area (Å²) in [5, 5.41) is 17.3. The normalized spacial score (nSPS) is 12.4. The molecule has 172 valence electrons. The maximum Gasteiger partial charge on any atom is 0.270 e. The number of carbonyl (C=O) groups is 2. The van der Waals surface area contributed by atoms with Gasteiger partial charge < -0.3 is 16.0 Å². The minimum atomic E-state index is -0.706. The van der Waals surface area contributed by atoms with Crippen molar-refractivity contribution in [1.29, 1.82) is 5.26 Å². The molecule has 0 bridgehead atoms. The van der Waals surface area contributed by atoms with Crippen molar-refractivity contribution in [2.24, 2.45) is 5.41 Å². The predicted molar refractivity (Wildman–Crippen MR) is 127 cm³/mol. The molecule has 0 aliphatic carbocycles. The Hall–Kier alpha value is -3.89. The van der Waals surface area contributed by atoms with Gasteiger partial charge in [-0.05, 0) is 25.1 Å². The first-order valence-electron chi connectivity index (χ1n) is 9.96. The van der Waals surface area contributed by atoms with Gasteiger partial charge in [0.2, 0.25) is 5.91 Å². The lowest BCUT2D eigenvalue weighted by Gasteiger charge is -2.18. The zero-order chi connectivity index (χ0) is 24.8. The zero-order valence-corrected chi connectivity index (χ0v) is 19.5. The third-order valence-electron chi connectivity index (χ3n) is 4.39. The number of halogens is 1. The molecule has 0 aliphatic heterocycles. The molecule has 3 N–H and O–H groups in total. The number of anilines is 2. The minimum absolute atomic E-state index is 0.00329. The third-order valence-corrected chi connectivity index (χ3v) is 5.52. The van der Waals surface area contributed by atoms with Crippen molar-refractivity contribution in [2.45, 2.75) is 34.2 Å². The Morgan fingerprint density at radius 2 is 2.03 bits per heavy atom. The van der Waals surface area contributed by atoms with Crippen LogP contribution in [0.2, 0.25) is 0 Å². The second-order valence-electron chi connectivity index (χ2n) is 7.88. The average molecular weight is 470 g/mol. The molecule has 0 saturated carbocycles. The summed E-state index contributed by atoms with van der Waals surface area (Å²) in [6.07, 6.45) is 6.54. The van der Waals surface area contributed by atoms with E-state index in [-0.39, 0.29) is 39.5 Å². The zero-order valence-electron chi connectivity index (χ0n) is 18.7. The molecule has 0 atom stereocenters. The van der Waals surface area contributed by atoms with Crippen LogP contribution in [-0.4, -0.2) is 22.9 Å². The van der Waals surface area contributed by atoms with Gasteiger partial charge in [0.1, 0.15) is 21.1 Å². The van der Waals surface area contributed by atoms with Crippen LogP contribution in [0, 0.1) is 34.9 Å². The topological polar surface area (TPSA) is 116 Å². The van der Waals surface area contributed by atoms with Crippen LogP contribution in [0.25, 0.3) is 11.8 Å². The fourth-order valence-electron chi connectivity index (χ4n) is 2.58. The van der Waals surface area contributed by atoms with Gasteiger partial charge >= 0.3 is 0 Å². The van der Waals surface area contributed by atoms with E-state index in [2.05, 4.69) is 21.9 Å². The smallest absolute Gasteiger partial charge is 0.270 e. The molecule has 0 saturated heterocycles. The van der Waals surface area contributed by atoms with Crippen molar-refractivity contribution in [1.82, 2.24) is 9.88 Å². The van der Waals surface area contributed by atoms with Crippen molar-refractivity contribution in [3.8, 4) is 18.4 Å². The Bertz CT molecular complexity index is 1340. The molecule has 0 unspecified atom stereocenters. The van der Waals surface area contributed by atoms with Gasteiger partial charge in [-0.2, -0.15) is 5.26 Å². The summed E-state index contributed by atoms with van der Waals surface area (Å²) in [6.45, 7) is 7.04. The lowest BCUT2D eigenvalue weighted by Crippen LogP contribution is -2.34. The Labute approximate surface area is 194 Å². The van der Waals surface area contributed by atoms with E-state index in [1.54, 1.807) is 27.7 Å². The second kappa shape index (κ2) is 10.6. The number of thiazole rings is 1. The van der Waals surface area contributed by atoms with E-state index in [0.29, 0.717) is 5.69 Å². The molecule has 1 heterocycles. The Kier molecular flexibility index (Phi) is 8.16. The molecule has 10 heteroatoms. The minimum Gasteiger partial charge on any atom is -0.360 e. The molecule has 8 nitrogen and oxygen atoms in total. The highest BCUT2D eigenvalue weighted by atomic mass is 32.1. The molecule has 0 radical (unpaired) electrons. The number of rotatable bonds is 6. The molecule has 2 aromatic rings. The van der Waals surface area contributed by atoms with Crippen molar-refractivity contribution in [2.75, 3.05) is 17.2 Å². The predicted octanol–water partition coefficient (Wildman–Crippen LogP) is 1.33. The Balaban J connectivity index is 2.47. The number of hydrogen-bond acceptors (Lipinski definition) is 6. The van der Waals surface area contributed by atoms with Gasteiger partial charge in [0.15, 0.2) is 5.57 Å². The Morgan fingerprint density at radius 1 is 1.33 bits per heavy atom. The highest BCUT2D eigenvalue weighted by Crippen LogP contribution is 2.23. The Morgan fingerprint density at radius 3 is 2.61 bits per heavy atom. The van der Waals surface area contributed by atoms with Crippen molar-refractivity contribution >= 4 is 46.3 Å². The van der Waals surface area contributed by atoms with Gasteiger partial charge in [0.05, 0.1) is 12.2 Å². The fourth-order valence-corrected chi connectivity index (χ4v) is 3.66. The van der Waals surface area contributed by atoms with Crippen LogP contribution >= 0.6 is 11.3 Å². The first-order chi connectivity index (χ1) is 15.5. The SMILES string of the molecule is C#CCNC(=O)C(C#N)=c1sc(=CNc2ccc(F)c(NC(=O)C(C)(C)C)c2)c(=O)n1CC. The van der Waals surface area contributed by atoms with E-state index in [1.807, 2.05) is 6.07 Å². The summed E-state index contributed by atoms with van der Waals surface area (Å²) >= 11 is 0.962. The van der Waals surface area contributed by atoms with E-state index >= 15 is 0 Å². The van der Waals surface area contributed by atoms with Crippen LogP contribution in [0.1, 0.15) is 27.7 Å². The third kappa shape index (κ3) is 6.09. The monoisotopic (exact) mass is 469 g/mol. The van der Waals surface area contributed by atoms with E-state index in [1.165, 1.54) is 29.0 Å². The molecular weight excluding hydrogens is 445 g/mol. The van der Waals surface area contributed by atoms with Crippen LogP contribution in [-0.2, 0) is 16.1 Å².